The Morgan fingerprint density at radius 3 is 2.59 bits per heavy atom. The molecule has 0 saturated heterocycles. The molecule has 142 valence electrons. The first-order valence-corrected chi connectivity index (χ1v) is 8.93. The Bertz CT molecular complexity index is 941. The smallest absolute Gasteiger partial charge is 0.416 e. The van der Waals surface area contributed by atoms with Gasteiger partial charge >= 0.3 is 12.1 Å². The van der Waals surface area contributed by atoms with Gasteiger partial charge in [-0.2, -0.15) is 13.2 Å². The second-order valence-corrected chi connectivity index (χ2v) is 7.62. The molecule has 1 spiro atoms. The summed E-state index contributed by atoms with van der Waals surface area (Å²) in [5.41, 5.74) is 0.920. The zero-order valence-corrected chi connectivity index (χ0v) is 15.1. The minimum atomic E-state index is -4.47. The minimum Gasteiger partial charge on any atom is -0.481 e. The standard InChI is InChI=1S/C20H16ClF3O3/c1-10-17(18(25)26)19(10)7-6-11-8-13(3-4-14(11)19)27-16-5-2-12(9-15(16)21)20(22,23)24/h2-5,8-10,17H,6-7H2,1H3,(H,25,26)/t10-,17?,19?/m0/s1. The van der Waals surface area contributed by atoms with Gasteiger partial charge in [-0.05, 0) is 60.2 Å². The fraction of sp³-hybridized carbons (Fsp3) is 0.350. The molecular weight excluding hydrogens is 381 g/mol. The van der Waals surface area contributed by atoms with E-state index < -0.39 is 17.7 Å². The summed E-state index contributed by atoms with van der Waals surface area (Å²) in [7, 11) is 0. The van der Waals surface area contributed by atoms with E-state index in [0.717, 1.165) is 36.1 Å². The highest BCUT2D eigenvalue weighted by Gasteiger charge is 2.68. The Hall–Kier alpha value is -2.21. The van der Waals surface area contributed by atoms with Crippen LogP contribution >= 0.6 is 11.6 Å². The third-order valence-corrected chi connectivity index (χ3v) is 6.19. The van der Waals surface area contributed by atoms with Crippen molar-refractivity contribution < 1.29 is 27.8 Å². The van der Waals surface area contributed by atoms with Crippen LogP contribution in [0.1, 0.15) is 30.0 Å². The third kappa shape index (κ3) is 2.78. The Morgan fingerprint density at radius 2 is 2.00 bits per heavy atom. The van der Waals surface area contributed by atoms with Crippen LogP contribution in [0.2, 0.25) is 5.02 Å². The van der Waals surface area contributed by atoms with E-state index in [1.807, 2.05) is 19.1 Å². The second kappa shape index (κ2) is 5.89. The van der Waals surface area contributed by atoms with E-state index in [0.29, 0.717) is 5.75 Å². The van der Waals surface area contributed by atoms with Crippen molar-refractivity contribution in [2.24, 2.45) is 11.8 Å². The van der Waals surface area contributed by atoms with Gasteiger partial charge in [-0.1, -0.05) is 24.6 Å². The predicted octanol–water partition coefficient (Wildman–Crippen LogP) is 5.69. The largest absolute Gasteiger partial charge is 0.481 e. The van der Waals surface area contributed by atoms with Crippen LogP contribution in [0.5, 0.6) is 11.5 Å². The highest BCUT2D eigenvalue weighted by atomic mass is 35.5. The summed E-state index contributed by atoms with van der Waals surface area (Å²) in [6.07, 6.45) is -2.93. The Morgan fingerprint density at radius 1 is 1.26 bits per heavy atom. The first kappa shape index (κ1) is 18.2. The van der Waals surface area contributed by atoms with Gasteiger partial charge in [-0.25, -0.2) is 0 Å². The van der Waals surface area contributed by atoms with Crippen molar-refractivity contribution >= 4 is 17.6 Å². The molecule has 0 aliphatic heterocycles. The molecule has 2 aliphatic carbocycles. The van der Waals surface area contributed by atoms with Crippen molar-refractivity contribution in [2.45, 2.75) is 31.4 Å². The number of benzene rings is 2. The van der Waals surface area contributed by atoms with Crippen molar-refractivity contribution in [3.63, 3.8) is 0 Å². The first-order valence-electron chi connectivity index (χ1n) is 8.55. The number of halogens is 4. The Labute approximate surface area is 158 Å². The minimum absolute atomic E-state index is 0.0902. The number of aryl methyl sites for hydroxylation is 1. The van der Waals surface area contributed by atoms with Crippen molar-refractivity contribution in [1.29, 1.82) is 0 Å². The molecule has 7 heteroatoms. The molecule has 0 amide bonds. The Balaban J connectivity index is 1.59. The lowest BCUT2D eigenvalue weighted by atomic mass is 9.94. The molecule has 0 radical (unpaired) electrons. The lowest BCUT2D eigenvalue weighted by Gasteiger charge is -2.14. The third-order valence-electron chi connectivity index (χ3n) is 5.90. The monoisotopic (exact) mass is 396 g/mol. The van der Waals surface area contributed by atoms with Gasteiger partial charge in [0.15, 0.2) is 0 Å². The van der Waals surface area contributed by atoms with Crippen LogP contribution < -0.4 is 4.74 Å². The number of carboxylic acid groups (broad SMARTS) is 1. The van der Waals surface area contributed by atoms with Gasteiger partial charge in [0, 0.05) is 5.41 Å². The van der Waals surface area contributed by atoms with Gasteiger partial charge in [0.05, 0.1) is 16.5 Å². The number of hydrogen-bond acceptors (Lipinski definition) is 2. The van der Waals surface area contributed by atoms with Gasteiger partial charge in [-0.15, -0.1) is 0 Å². The van der Waals surface area contributed by atoms with Crippen molar-refractivity contribution in [2.75, 3.05) is 0 Å². The normalized spacial score (nSPS) is 26.1. The molecule has 2 aliphatic rings. The van der Waals surface area contributed by atoms with Gasteiger partial charge in [-0.3, -0.25) is 4.79 Å². The van der Waals surface area contributed by atoms with E-state index in [-0.39, 0.29) is 28.0 Å². The SMILES string of the molecule is C[C@H]1C(C(=O)O)C12CCc1cc(Oc3ccc(C(F)(F)F)cc3Cl)ccc12. The number of aliphatic carboxylic acids is 1. The van der Waals surface area contributed by atoms with E-state index >= 15 is 0 Å². The lowest BCUT2D eigenvalue weighted by Crippen LogP contribution is -2.11. The predicted molar refractivity (Wildman–Crippen MR) is 93.3 cm³/mol. The topological polar surface area (TPSA) is 46.5 Å². The first-order chi connectivity index (χ1) is 12.6. The van der Waals surface area contributed by atoms with Crippen molar-refractivity contribution in [1.82, 2.24) is 0 Å². The van der Waals surface area contributed by atoms with Gasteiger partial charge in [0.1, 0.15) is 11.5 Å². The number of carbonyl (C=O) groups is 1. The van der Waals surface area contributed by atoms with Crippen LogP contribution in [0.3, 0.4) is 0 Å². The van der Waals surface area contributed by atoms with Crippen LogP contribution in [-0.2, 0) is 22.8 Å². The maximum atomic E-state index is 12.7. The summed E-state index contributed by atoms with van der Waals surface area (Å²) in [6, 6.07) is 8.36. The highest BCUT2D eigenvalue weighted by Crippen LogP contribution is 2.66. The Kier molecular flexibility index (Phi) is 3.97. The lowest BCUT2D eigenvalue weighted by molar-refractivity contribution is -0.139. The molecule has 2 aromatic rings. The molecular formula is C20H16ClF3O3. The fourth-order valence-electron chi connectivity index (χ4n) is 4.52. The number of carboxylic acids is 1. The van der Waals surface area contributed by atoms with Crippen LogP contribution in [0, 0.1) is 11.8 Å². The molecule has 27 heavy (non-hydrogen) atoms. The molecule has 0 heterocycles. The molecule has 1 fully saturated rings. The molecule has 3 nitrogen and oxygen atoms in total. The molecule has 0 aromatic heterocycles. The summed E-state index contributed by atoms with van der Waals surface area (Å²) >= 11 is 5.94. The van der Waals surface area contributed by atoms with Gasteiger partial charge in [0.2, 0.25) is 0 Å². The molecule has 4 rings (SSSR count). The van der Waals surface area contributed by atoms with E-state index in [4.69, 9.17) is 16.3 Å². The van der Waals surface area contributed by atoms with Crippen LogP contribution in [-0.4, -0.2) is 11.1 Å². The summed E-state index contributed by atoms with van der Waals surface area (Å²) < 4.78 is 43.9. The zero-order valence-electron chi connectivity index (χ0n) is 14.3. The quantitative estimate of drug-likeness (QED) is 0.725. The average Bonchev–Trinajstić information content (AvgIpc) is 3.00. The van der Waals surface area contributed by atoms with Gasteiger partial charge < -0.3 is 9.84 Å². The molecule has 1 saturated carbocycles. The number of rotatable bonds is 3. The molecule has 3 atom stereocenters. The van der Waals surface area contributed by atoms with Crippen LogP contribution in [0.4, 0.5) is 13.2 Å². The second-order valence-electron chi connectivity index (χ2n) is 7.21. The average molecular weight is 397 g/mol. The molecule has 2 unspecified atom stereocenters. The number of hydrogen-bond donors (Lipinski definition) is 1. The van der Waals surface area contributed by atoms with Crippen LogP contribution in [0.25, 0.3) is 0 Å². The van der Waals surface area contributed by atoms with E-state index in [1.54, 1.807) is 6.07 Å². The molecule has 0 bridgehead atoms. The number of ether oxygens (including phenoxy) is 1. The summed E-state index contributed by atoms with van der Waals surface area (Å²) in [6.45, 7) is 1.96. The van der Waals surface area contributed by atoms with Gasteiger partial charge in [0.25, 0.3) is 0 Å². The summed E-state index contributed by atoms with van der Waals surface area (Å²) in [5, 5.41) is 9.29. The zero-order chi connectivity index (χ0) is 19.6. The summed E-state index contributed by atoms with van der Waals surface area (Å²) in [4.78, 5) is 11.5. The maximum absolute atomic E-state index is 12.7. The summed E-state index contributed by atoms with van der Waals surface area (Å²) in [5.74, 6) is -0.442. The van der Waals surface area contributed by atoms with E-state index in [1.165, 1.54) is 6.07 Å². The highest BCUT2D eigenvalue weighted by molar-refractivity contribution is 6.32. The van der Waals surface area contributed by atoms with E-state index in [2.05, 4.69) is 0 Å². The van der Waals surface area contributed by atoms with E-state index in [9.17, 15) is 23.1 Å². The number of alkyl halides is 3. The maximum Gasteiger partial charge on any atom is 0.416 e. The molecule has 2 aromatic carbocycles. The van der Waals surface area contributed by atoms with Crippen LogP contribution in [0.15, 0.2) is 36.4 Å². The van der Waals surface area contributed by atoms with Crippen molar-refractivity contribution in [3.8, 4) is 11.5 Å². The number of fused-ring (bicyclic) bond motifs is 2. The molecule has 1 N–H and O–H groups in total. The van der Waals surface area contributed by atoms with Crippen molar-refractivity contribution in [3.05, 3.63) is 58.1 Å². The fourth-order valence-corrected chi connectivity index (χ4v) is 4.74.